The third-order valence-corrected chi connectivity index (χ3v) is 7.03. The molecule has 3 aromatic rings. The van der Waals surface area contributed by atoms with Gasteiger partial charge in [-0.2, -0.15) is 0 Å². The fraction of sp³-hybridized carbons (Fsp3) is 0.375. The lowest BCUT2D eigenvalue weighted by Crippen LogP contribution is -2.64. The van der Waals surface area contributed by atoms with Crippen molar-refractivity contribution in [2.45, 2.75) is 37.6 Å². The highest BCUT2D eigenvalue weighted by atomic mass is 19.1. The molecule has 1 atom stereocenters. The number of fused-ring (bicyclic) bond motifs is 1. The van der Waals surface area contributed by atoms with Crippen molar-refractivity contribution in [3.63, 3.8) is 0 Å². The van der Waals surface area contributed by atoms with E-state index in [1.54, 1.807) is 17.0 Å². The van der Waals surface area contributed by atoms with Gasteiger partial charge in [0.05, 0.1) is 23.4 Å². The third kappa shape index (κ3) is 3.14. The predicted molar refractivity (Wildman–Crippen MR) is 111 cm³/mol. The normalized spacial score (nSPS) is 25.4. The Morgan fingerprint density at radius 3 is 2.48 bits per heavy atom. The van der Waals surface area contributed by atoms with E-state index in [0.29, 0.717) is 36.0 Å². The zero-order valence-electron chi connectivity index (χ0n) is 17.1. The molecule has 1 aliphatic carbocycles. The number of carbonyl (C=O) groups excluding carboxylic acids is 1. The van der Waals surface area contributed by atoms with Crippen LogP contribution in [-0.2, 0) is 4.79 Å². The maximum absolute atomic E-state index is 14.5. The van der Waals surface area contributed by atoms with Gasteiger partial charge in [-0.25, -0.2) is 13.2 Å². The topological polar surface area (TPSA) is 56.3 Å². The molecule has 7 heteroatoms. The summed E-state index contributed by atoms with van der Waals surface area (Å²) >= 11 is 0. The molecular weight excluding hydrogens is 405 g/mol. The molecule has 1 unspecified atom stereocenters. The lowest BCUT2D eigenvalue weighted by molar-refractivity contribution is -0.157. The fourth-order valence-electron chi connectivity index (χ4n) is 4.93. The van der Waals surface area contributed by atoms with Crippen molar-refractivity contribution in [3.8, 4) is 11.3 Å². The molecule has 31 heavy (non-hydrogen) atoms. The fourth-order valence-corrected chi connectivity index (χ4v) is 4.93. The number of H-pyrrole nitrogens is 1. The number of benzene rings is 2. The number of halogens is 3. The average Bonchev–Trinajstić information content (AvgIpc) is 3.05. The summed E-state index contributed by atoms with van der Waals surface area (Å²) in [4.78, 5) is 17.7. The number of hydrogen-bond donors (Lipinski definition) is 2. The van der Waals surface area contributed by atoms with Gasteiger partial charge in [0.25, 0.3) is 0 Å². The Labute approximate surface area is 177 Å². The van der Waals surface area contributed by atoms with Crippen LogP contribution in [0.1, 0.15) is 37.7 Å². The van der Waals surface area contributed by atoms with E-state index in [1.165, 1.54) is 18.2 Å². The van der Waals surface area contributed by atoms with E-state index in [1.807, 2.05) is 6.92 Å². The second-order valence-electron chi connectivity index (χ2n) is 8.99. The molecule has 2 heterocycles. The minimum atomic E-state index is -0.684. The van der Waals surface area contributed by atoms with Crippen LogP contribution in [0.5, 0.6) is 0 Å². The highest BCUT2D eigenvalue weighted by molar-refractivity contribution is 5.92. The molecule has 1 saturated carbocycles. The first kappa shape index (κ1) is 20.1. The summed E-state index contributed by atoms with van der Waals surface area (Å²) in [5.41, 5.74) is 1.78. The lowest BCUT2D eigenvalue weighted by atomic mass is 9.68. The molecule has 1 saturated heterocycles. The Kier molecular flexibility index (Phi) is 4.62. The Bertz CT molecular complexity index is 1160. The van der Waals surface area contributed by atoms with Crippen molar-refractivity contribution in [3.05, 3.63) is 59.4 Å². The first-order valence-electron chi connectivity index (χ1n) is 10.5. The molecule has 2 aliphatic rings. The van der Waals surface area contributed by atoms with E-state index in [2.05, 4.69) is 4.98 Å². The Morgan fingerprint density at radius 2 is 1.87 bits per heavy atom. The Morgan fingerprint density at radius 1 is 1.16 bits per heavy atom. The first-order valence-corrected chi connectivity index (χ1v) is 10.5. The van der Waals surface area contributed by atoms with E-state index in [4.69, 9.17) is 0 Å². The molecule has 2 N–H and O–H groups in total. The SMILES string of the molecule is CC1(CO)CCN1C(=O)[C@H]1C[C@H](c2c(-c3ccc(F)cc3)[nH]c3c(F)cc(F)cc32)C1. The van der Waals surface area contributed by atoms with Crippen LogP contribution in [0.2, 0.25) is 0 Å². The minimum Gasteiger partial charge on any atom is -0.394 e. The molecule has 1 aromatic heterocycles. The summed E-state index contributed by atoms with van der Waals surface area (Å²) in [7, 11) is 0. The van der Waals surface area contributed by atoms with Gasteiger partial charge in [0, 0.05) is 23.9 Å². The molecule has 1 amide bonds. The number of aromatic amines is 1. The van der Waals surface area contributed by atoms with E-state index in [-0.39, 0.29) is 35.7 Å². The average molecular weight is 428 g/mol. The molecule has 1 aliphatic heterocycles. The first-order chi connectivity index (χ1) is 14.8. The summed E-state index contributed by atoms with van der Waals surface area (Å²) in [6, 6.07) is 8.01. The Hall–Kier alpha value is -2.80. The number of nitrogens with zero attached hydrogens (tertiary/aromatic N) is 1. The number of aliphatic hydroxyl groups is 1. The van der Waals surface area contributed by atoms with E-state index >= 15 is 0 Å². The second-order valence-corrected chi connectivity index (χ2v) is 8.99. The summed E-state index contributed by atoms with van der Waals surface area (Å²) in [5.74, 6) is -1.93. The molecule has 0 bridgehead atoms. The number of aliphatic hydroxyl groups excluding tert-OH is 1. The van der Waals surface area contributed by atoms with Gasteiger partial charge in [0.15, 0.2) is 0 Å². The van der Waals surface area contributed by atoms with Crippen LogP contribution < -0.4 is 0 Å². The molecule has 2 aromatic carbocycles. The van der Waals surface area contributed by atoms with Crippen molar-refractivity contribution >= 4 is 16.8 Å². The number of hydrogen-bond acceptors (Lipinski definition) is 2. The van der Waals surface area contributed by atoms with Crippen LogP contribution in [0.25, 0.3) is 22.2 Å². The van der Waals surface area contributed by atoms with Crippen LogP contribution in [0.3, 0.4) is 0 Å². The number of aromatic nitrogens is 1. The predicted octanol–water partition coefficient (Wildman–Crippen LogP) is 4.73. The van der Waals surface area contributed by atoms with E-state index < -0.39 is 17.2 Å². The number of amides is 1. The van der Waals surface area contributed by atoms with Gasteiger partial charge in [0.2, 0.25) is 5.91 Å². The number of rotatable bonds is 4. The summed E-state index contributed by atoms with van der Waals surface area (Å²) in [6.07, 6.45) is 1.91. The maximum Gasteiger partial charge on any atom is 0.226 e. The maximum atomic E-state index is 14.5. The highest BCUT2D eigenvalue weighted by Gasteiger charge is 2.48. The zero-order chi connectivity index (χ0) is 21.9. The van der Waals surface area contributed by atoms with Crippen molar-refractivity contribution in [1.29, 1.82) is 0 Å². The van der Waals surface area contributed by atoms with Crippen LogP contribution >= 0.6 is 0 Å². The number of nitrogens with one attached hydrogen (secondary N) is 1. The van der Waals surface area contributed by atoms with Crippen LogP contribution in [0.15, 0.2) is 36.4 Å². The number of carbonyl (C=O) groups is 1. The second kappa shape index (κ2) is 7.12. The van der Waals surface area contributed by atoms with Crippen LogP contribution in [-0.4, -0.2) is 39.6 Å². The van der Waals surface area contributed by atoms with Gasteiger partial charge < -0.3 is 15.0 Å². The van der Waals surface area contributed by atoms with Gasteiger partial charge in [0.1, 0.15) is 17.5 Å². The zero-order valence-corrected chi connectivity index (χ0v) is 17.1. The monoisotopic (exact) mass is 428 g/mol. The van der Waals surface area contributed by atoms with Crippen molar-refractivity contribution in [2.24, 2.45) is 5.92 Å². The van der Waals surface area contributed by atoms with Crippen molar-refractivity contribution < 1.29 is 23.1 Å². The molecule has 162 valence electrons. The lowest BCUT2D eigenvalue weighted by Gasteiger charge is -2.52. The van der Waals surface area contributed by atoms with Crippen LogP contribution in [0.4, 0.5) is 13.2 Å². The van der Waals surface area contributed by atoms with Crippen LogP contribution in [0, 0.1) is 23.4 Å². The highest BCUT2D eigenvalue weighted by Crippen LogP contribution is 2.50. The van der Waals surface area contributed by atoms with Gasteiger partial charge >= 0.3 is 0 Å². The van der Waals surface area contributed by atoms with E-state index in [9.17, 15) is 23.1 Å². The quantitative estimate of drug-likeness (QED) is 0.631. The smallest absolute Gasteiger partial charge is 0.226 e. The third-order valence-electron chi connectivity index (χ3n) is 7.03. The van der Waals surface area contributed by atoms with Gasteiger partial charge in [-0.3, -0.25) is 4.79 Å². The van der Waals surface area contributed by atoms with Gasteiger partial charge in [-0.15, -0.1) is 0 Å². The molecular formula is C24H23F3N2O2. The molecule has 2 fully saturated rings. The van der Waals surface area contributed by atoms with Crippen molar-refractivity contribution in [2.75, 3.05) is 13.2 Å². The van der Waals surface area contributed by atoms with Crippen molar-refractivity contribution in [1.82, 2.24) is 9.88 Å². The molecule has 4 nitrogen and oxygen atoms in total. The summed E-state index contributed by atoms with van der Waals surface area (Å²) in [5, 5.41) is 10.1. The van der Waals surface area contributed by atoms with Gasteiger partial charge in [-0.05, 0) is 73.6 Å². The minimum absolute atomic E-state index is 0.0274. The number of likely N-dealkylation sites (tertiary alicyclic amines) is 1. The summed E-state index contributed by atoms with van der Waals surface area (Å²) < 4.78 is 41.9. The standard InChI is InChI=1S/C24H23F3N2O2/c1-24(12-30)6-7-29(24)23(31)15-8-14(9-15)20-18-10-17(26)11-19(27)22(18)28-21(20)13-2-4-16(25)5-3-13/h2-5,10-11,14-15,28,30H,6-9,12H2,1H3/t14-,15-,24?. The van der Waals surface area contributed by atoms with E-state index in [0.717, 1.165) is 18.1 Å². The molecule has 5 rings (SSSR count). The summed E-state index contributed by atoms with van der Waals surface area (Å²) in [6.45, 7) is 2.45. The Balaban J connectivity index is 1.49. The largest absolute Gasteiger partial charge is 0.394 e. The van der Waals surface area contributed by atoms with Gasteiger partial charge in [-0.1, -0.05) is 0 Å². The molecule has 0 radical (unpaired) electrons. The molecule has 0 spiro atoms.